The summed E-state index contributed by atoms with van der Waals surface area (Å²) < 4.78 is 6.89. The quantitative estimate of drug-likeness (QED) is 0.154. The second-order valence-corrected chi connectivity index (χ2v) is 14.9. The Balaban J connectivity index is 0.983. The van der Waals surface area contributed by atoms with Crippen molar-refractivity contribution in [2.75, 3.05) is 9.80 Å². The van der Waals surface area contributed by atoms with Crippen LogP contribution in [0.25, 0.3) is 65.7 Å². The van der Waals surface area contributed by atoms with E-state index in [0.29, 0.717) is 0 Å². The van der Waals surface area contributed by atoms with Gasteiger partial charge in [0.15, 0.2) is 5.58 Å². The summed E-state index contributed by atoms with van der Waals surface area (Å²) in [4.78, 5) is 4.64. The van der Waals surface area contributed by atoms with Crippen LogP contribution in [-0.2, 0) is 0 Å². The maximum absolute atomic E-state index is 6.89. The van der Waals surface area contributed by atoms with Gasteiger partial charge in [-0.15, -0.1) is 0 Å². The molecule has 1 aromatic heterocycles. The van der Waals surface area contributed by atoms with Crippen LogP contribution in [0, 0.1) is 0 Å². The number of benzene rings is 10. The highest BCUT2D eigenvalue weighted by Crippen LogP contribution is 2.47. The molecule has 0 bridgehead atoms. The highest BCUT2D eigenvalue weighted by molar-refractivity contribution is 6.29. The molecule has 0 fully saturated rings. The minimum absolute atomic E-state index is 0.872. The van der Waals surface area contributed by atoms with Gasteiger partial charge in [-0.3, -0.25) is 0 Å². The number of para-hydroxylation sites is 2. The highest BCUT2D eigenvalue weighted by Gasteiger charge is 2.23. The Kier molecular flexibility index (Phi) is 8.49. The monoisotopic (exact) mass is 754 g/mol. The number of rotatable bonds is 8. The van der Waals surface area contributed by atoms with Gasteiger partial charge < -0.3 is 14.2 Å². The van der Waals surface area contributed by atoms with Crippen molar-refractivity contribution in [2.24, 2.45) is 0 Å². The Morgan fingerprint density at radius 3 is 1.25 bits per heavy atom. The Morgan fingerprint density at radius 2 is 0.695 bits per heavy atom. The van der Waals surface area contributed by atoms with Crippen LogP contribution in [0.1, 0.15) is 0 Å². The molecule has 11 aromatic rings. The predicted molar refractivity (Wildman–Crippen MR) is 249 cm³/mol. The first-order valence-electron chi connectivity index (χ1n) is 20.1. The second kappa shape index (κ2) is 14.6. The van der Waals surface area contributed by atoms with Crippen molar-refractivity contribution in [3.05, 3.63) is 231 Å². The molecule has 0 saturated heterocycles. The van der Waals surface area contributed by atoms with Crippen molar-refractivity contribution in [3.8, 4) is 22.3 Å². The van der Waals surface area contributed by atoms with Gasteiger partial charge in [-0.25, -0.2) is 0 Å². The van der Waals surface area contributed by atoms with Gasteiger partial charge in [0.2, 0.25) is 0 Å². The van der Waals surface area contributed by atoms with Crippen LogP contribution in [-0.4, -0.2) is 0 Å². The molecule has 0 aliphatic heterocycles. The van der Waals surface area contributed by atoms with Crippen LogP contribution in [0.4, 0.5) is 34.1 Å². The van der Waals surface area contributed by atoms with E-state index in [1.807, 2.05) is 0 Å². The fourth-order valence-electron chi connectivity index (χ4n) is 8.60. The molecule has 0 aliphatic carbocycles. The van der Waals surface area contributed by atoms with Crippen molar-refractivity contribution in [1.82, 2.24) is 0 Å². The van der Waals surface area contributed by atoms with E-state index in [4.69, 9.17) is 4.42 Å². The number of anilines is 6. The van der Waals surface area contributed by atoms with Crippen LogP contribution in [0.15, 0.2) is 235 Å². The fourth-order valence-corrected chi connectivity index (χ4v) is 8.60. The predicted octanol–water partition coefficient (Wildman–Crippen LogP) is 16.2. The summed E-state index contributed by atoms with van der Waals surface area (Å²) in [6.45, 7) is 0. The van der Waals surface area contributed by atoms with E-state index in [-0.39, 0.29) is 0 Å². The summed E-state index contributed by atoms with van der Waals surface area (Å²) in [5.41, 5.74) is 12.9. The van der Waals surface area contributed by atoms with Crippen molar-refractivity contribution in [2.45, 2.75) is 0 Å². The normalized spacial score (nSPS) is 11.4. The van der Waals surface area contributed by atoms with Gasteiger partial charge >= 0.3 is 0 Å². The molecule has 1 heterocycles. The van der Waals surface area contributed by atoms with E-state index in [1.54, 1.807) is 0 Å². The molecule has 0 amide bonds. The lowest BCUT2D eigenvalue weighted by molar-refractivity contribution is 0.669. The van der Waals surface area contributed by atoms with Crippen LogP contribution >= 0.6 is 0 Å². The largest absolute Gasteiger partial charge is 0.454 e. The zero-order valence-corrected chi connectivity index (χ0v) is 32.2. The molecule has 0 unspecified atom stereocenters. The van der Waals surface area contributed by atoms with E-state index in [2.05, 4.69) is 240 Å². The first-order valence-corrected chi connectivity index (χ1v) is 20.1. The molecule has 11 rings (SSSR count). The Labute approximate surface area is 343 Å². The first kappa shape index (κ1) is 34.4. The van der Waals surface area contributed by atoms with Gasteiger partial charge in [-0.05, 0) is 117 Å². The van der Waals surface area contributed by atoms with Gasteiger partial charge in [-0.2, -0.15) is 0 Å². The molecule has 0 aliphatic rings. The number of fused-ring (bicyclic) bond motifs is 7. The van der Waals surface area contributed by atoms with Crippen molar-refractivity contribution < 1.29 is 4.42 Å². The molecule has 3 nitrogen and oxygen atoms in total. The molecular formula is C56H38N2O. The lowest BCUT2D eigenvalue weighted by Gasteiger charge is -2.26. The molecule has 278 valence electrons. The van der Waals surface area contributed by atoms with E-state index in [1.165, 1.54) is 32.7 Å². The SMILES string of the molecule is c1ccc(-c2ccc(N(c3ccccc3)c3ccc(-c4ccc(N(c5ccccc5)c5cc6ccccc6c6c5oc5ccc7ccccc7c56)cc4)cc3)cc2)cc1. The summed E-state index contributed by atoms with van der Waals surface area (Å²) in [6.07, 6.45) is 0. The summed E-state index contributed by atoms with van der Waals surface area (Å²) >= 11 is 0. The molecule has 10 aromatic carbocycles. The first-order chi connectivity index (χ1) is 29.3. The standard InChI is InChI=1S/C56H38N2O/c1-4-14-39(15-5-1)40-24-31-47(32-25-40)57(45-18-6-2-7-19-45)48-33-26-41(27-34-48)42-28-35-49(36-29-42)58(46-20-8-3-9-21-46)52-38-44-17-11-13-23-51(44)55-54-50-22-12-10-16-43(50)30-37-53(54)59-56(52)55/h1-38H. The number of furan rings is 1. The van der Waals surface area contributed by atoms with Gasteiger partial charge in [-0.1, -0.05) is 158 Å². The van der Waals surface area contributed by atoms with Crippen LogP contribution < -0.4 is 9.80 Å². The minimum Gasteiger partial charge on any atom is -0.454 e. The van der Waals surface area contributed by atoms with Crippen molar-refractivity contribution in [3.63, 3.8) is 0 Å². The minimum atomic E-state index is 0.872. The summed E-state index contributed by atoms with van der Waals surface area (Å²) in [7, 11) is 0. The van der Waals surface area contributed by atoms with Crippen molar-refractivity contribution >= 4 is 77.6 Å². The molecule has 0 radical (unpaired) electrons. The summed E-state index contributed by atoms with van der Waals surface area (Å²) in [5.74, 6) is 0. The van der Waals surface area contributed by atoms with E-state index >= 15 is 0 Å². The summed E-state index contributed by atoms with van der Waals surface area (Å²) in [5, 5.41) is 7.03. The molecule has 59 heavy (non-hydrogen) atoms. The average molecular weight is 755 g/mol. The Morgan fingerprint density at radius 1 is 0.288 bits per heavy atom. The lowest BCUT2D eigenvalue weighted by Crippen LogP contribution is -2.10. The number of nitrogens with zero attached hydrogens (tertiary/aromatic N) is 2. The zero-order valence-electron chi connectivity index (χ0n) is 32.2. The molecule has 0 atom stereocenters. The maximum atomic E-state index is 6.89. The fraction of sp³-hybridized carbons (Fsp3) is 0. The molecule has 0 saturated carbocycles. The average Bonchev–Trinajstić information content (AvgIpc) is 3.72. The van der Waals surface area contributed by atoms with Crippen molar-refractivity contribution in [1.29, 1.82) is 0 Å². The van der Waals surface area contributed by atoms with Gasteiger partial charge in [0, 0.05) is 39.2 Å². The Bertz CT molecular complexity index is 3230. The van der Waals surface area contributed by atoms with E-state index in [9.17, 15) is 0 Å². The van der Waals surface area contributed by atoms with Crippen LogP contribution in [0.5, 0.6) is 0 Å². The van der Waals surface area contributed by atoms with Gasteiger partial charge in [0.05, 0.1) is 5.69 Å². The van der Waals surface area contributed by atoms with E-state index in [0.717, 1.165) is 67.2 Å². The Hall–Kier alpha value is -7.88. The van der Waals surface area contributed by atoms with Gasteiger partial charge in [0.1, 0.15) is 5.58 Å². The van der Waals surface area contributed by atoms with Gasteiger partial charge in [0.25, 0.3) is 0 Å². The molecule has 3 heteroatoms. The number of hydrogen-bond donors (Lipinski definition) is 0. The highest BCUT2D eigenvalue weighted by atomic mass is 16.3. The zero-order chi connectivity index (χ0) is 39.1. The van der Waals surface area contributed by atoms with E-state index < -0.39 is 0 Å². The third-order valence-electron chi connectivity index (χ3n) is 11.4. The van der Waals surface area contributed by atoms with Crippen LogP contribution in [0.2, 0.25) is 0 Å². The smallest absolute Gasteiger partial charge is 0.160 e. The van der Waals surface area contributed by atoms with Crippen LogP contribution in [0.3, 0.4) is 0 Å². The molecule has 0 N–H and O–H groups in total. The number of hydrogen-bond acceptors (Lipinski definition) is 3. The maximum Gasteiger partial charge on any atom is 0.160 e. The lowest BCUT2D eigenvalue weighted by atomic mass is 9.98. The third kappa shape index (κ3) is 6.17. The second-order valence-electron chi connectivity index (χ2n) is 14.9. The topological polar surface area (TPSA) is 19.6 Å². The summed E-state index contributed by atoms with van der Waals surface area (Å²) in [6, 6.07) is 82.1. The molecular weight excluding hydrogens is 717 g/mol. The molecule has 0 spiro atoms. The third-order valence-corrected chi connectivity index (χ3v) is 11.4.